The van der Waals surface area contributed by atoms with Crippen molar-refractivity contribution in [3.63, 3.8) is 0 Å². The molecule has 1 aromatic carbocycles. The van der Waals surface area contributed by atoms with Gasteiger partial charge in [0.15, 0.2) is 0 Å². The Hall–Kier alpha value is -1.19. The summed E-state index contributed by atoms with van der Waals surface area (Å²) in [6, 6.07) is 2.67. The molecule has 1 atom stereocenters. The van der Waals surface area contributed by atoms with Crippen molar-refractivity contribution in [3.05, 3.63) is 44.5 Å². The van der Waals surface area contributed by atoms with Crippen LogP contribution < -0.4 is 5.32 Å². The minimum absolute atomic E-state index is 0.0352. The van der Waals surface area contributed by atoms with Gasteiger partial charge in [-0.2, -0.15) is 5.10 Å². The molecule has 0 bridgehead atoms. The number of aromatic nitrogens is 2. The van der Waals surface area contributed by atoms with E-state index in [1.807, 2.05) is 22.6 Å². The maximum absolute atomic E-state index is 13.4. The molecule has 1 aromatic heterocycles. The van der Waals surface area contributed by atoms with Crippen LogP contribution in [0.25, 0.3) is 0 Å². The average molecular weight is 450 g/mol. The molecule has 1 saturated heterocycles. The van der Waals surface area contributed by atoms with Gasteiger partial charge >= 0.3 is 0 Å². The average Bonchev–Trinajstić information content (AvgIpc) is 3.03. The number of hydrogen-bond acceptors (Lipinski definition) is 3. The number of hydrogen-bond donors (Lipinski definition) is 1. The minimum atomic E-state index is -0.517. The minimum Gasteiger partial charge on any atom is -0.357 e. The standard InChI is InChI=1S/C15H14ClFIN3O2/c16-10-5-13(12(18)6-11(10)17)20-15(22)9-7-19-21(8-9)14-3-1-2-4-23-14/h5-8,14H,1-4H2,(H,20,22). The Bertz CT molecular complexity index is 732. The number of rotatable bonds is 3. The highest BCUT2D eigenvalue weighted by Crippen LogP contribution is 2.26. The third-order valence-corrected chi connectivity index (χ3v) is 4.75. The predicted molar refractivity (Wildman–Crippen MR) is 93.1 cm³/mol. The highest BCUT2D eigenvalue weighted by atomic mass is 127. The molecule has 2 heterocycles. The molecule has 1 N–H and O–H groups in total. The van der Waals surface area contributed by atoms with Crippen molar-refractivity contribution in [2.24, 2.45) is 0 Å². The normalized spacial score (nSPS) is 18.0. The van der Waals surface area contributed by atoms with Crippen LogP contribution in [0.5, 0.6) is 0 Å². The Morgan fingerprint density at radius 1 is 1.48 bits per heavy atom. The quantitative estimate of drug-likeness (QED) is 0.564. The molecule has 122 valence electrons. The first-order valence-electron chi connectivity index (χ1n) is 7.16. The van der Waals surface area contributed by atoms with Crippen molar-refractivity contribution >= 4 is 45.8 Å². The second-order valence-electron chi connectivity index (χ2n) is 5.23. The van der Waals surface area contributed by atoms with Gasteiger partial charge in [-0.05, 0) is 54.0 Å². The van der Waals surface area contributed by atoms with E-state index >= 15 is 0 Å². The van der Waals surface area contributed by atoms with Crippen LogP contribution in [0.3, 0.4) is 0 Å². The van der Waals surface area contributed by atoms with Gasteiger partial charge in [0.25, 0.3) is 5.91 Å². The summed E-state index contributed by atoms with van der Waals surface area (Å²) < 4.78 is 21.2. The summed E-state index contributed by atoms with van der Waals surface area (Å²) >= 11 is 7.70. The highest BCUT2D eigenvalue weighted by molar-refractivity contribution is 14.1. The van der Waals surface area contributed by atoms with E-state index in [1.165, 1.54) is 18.3 Å². The van der Waals surface area contributed by atoms with Gasteiger partial charge in [-0.25, -0.2) is 9.07 Å². The molecule has 3 rings (SSSR count). The Morgan fingerprint density at radius 2 is 2.30 bits per heavy atom. The number of amides is 1. The number of benzene rings is 1. The lowest BCUT2D eigenvalue weighted by Crippen LogP contribution is -2.18. The third-order valence-electron chi connectivity index (χ3n) is 3.57. The van der Waals surface area contributed by atoms with Crippen LogP contribution in [-0.4, -0.2) is 22.3 Å². The van der Waals surface area contributed by atoms with Gasteiger partial charge in [0.05, 0.1) is 22.5 Å². The second kappa shape index (κ2) is 7.14. The molecule has 0 aliphatic carbocycles. The zero-order valence-corrected chi connectivity index (χ0v) is 15.0. The van der Waals surface area contributed by atoms with Gasteiger partial charge in [0, 0.05) is 16.4 Å². The van der Waals surface area contributed by atoms with Gasteiger partial charge in [0.2, 0.25) is 0 Å². The smallest absolute Gasteiger partial charge is 0.258 e. The summed E-state index contributed by atoms with van der Waals surface area (Å²) in [5, 5.41) is 6.88. The van der Waals surface area contributed by atoms with Crippen LogP contribution in [0.1, 0.15) is 35.8 Å². The first kappa shape index (κ1) is 16.7. The molecule has 1 aliphatic heterocycles. The number of ether oxygens (including phenoxy) is 1. The lowest BCUT2D eigenvalue weighted by atomic mass is 10.2. The van der Waals surface area contributed by atoms with E-state index in [0.29, 0.717) is 21.4 Å². The van der Waals surface area contributed by atoms with Gasteiger partial charge in [-0.1, -0.05) is 11.6 Å². The number of nitrogens with one attached hydrogen (secondary N) is 1. The second-order valence-corrected chi connectivity index (χ2v) is 6.80. The first-order valence-corrected chi connectivity index (χ1v) is 8.62. The Labute approximate surface area is 151 Å². The monoisotopic (exact) mass is 449 g/mol. The summed E-state index contributed by atoms with van der Waals surface area (Å²) in [6.45, 7) is 0.707. The lowest BCUT2D eigenvalue weighted by Gasteiger charge is -2.22. The van der Waals surface area contributed by atoms with E-state index in [-0.39, 0.29) is 17.2 Å². The number of halogens is 3. The molecule has 1 unspecified atom stereocenters. The van der Waals surface area contributed by atoms with Crippen molar-refractivity contribution in [1.29, 1.82) is 0 Å². The van der Waals surface area contributed by atoms with Crippen LogP contribution in [-0.2, 0) is 4.74 Å². The van der Waals surface area contributed by atoms with E-state index in [4.69, 9.17) is 16.3 Å². The van der Waals surface area contributed by atoms with E-state index in [9.17, 15) is 9.18 Å². The molecule has 23 heavy (non-hydrogen) atoms. The van der Waals surface area contributed by atoms with Crippen molar-refractivity contribution < 1.29 is 13.9 Å². The lowest BCUT2D eigenvalue weighted by molar-refractivity contribution is -0.0395. The summed E-state index contributed by atoms with van der Waals surface area (Å²) in [7, 11) is 0. The largest absolute Gasteiger partial charge is 0.357 e. The van der Waals surface area contributed by atoms with Crippen LogP contribution >= 0.6 is 34.2 Å². The van der Waals surface area contributed by atoms with Crippen LogP contribution in [0, 0.1) is 9.39 Å². The van der Waals surface area contributed by atoms with Crippen molar-refractivity contribution in [1.82, 2.24) is 9.78 Å². The highest BCUT2D eigenvalue weighted by Gasteiger charge is 2.19. The van der Waals surface area contributed by atoms with Gasteiger partial charge < -0.3 is 10.1 Å². The molecule has 0 radical (unpaired) electrons. The van der Waals surface area contributed by atoms with E-state index in [1.54, 1.807) is 10.9 Å². The first-order chi connectivity index (χ1) is 11.0. The number of nitrogens with zero attached hydrogens (tertiary/aromatic N) is 2. The zero-order chi connectivity index (χ0) is 16.4. The molecule has 2 aromatic rings. The van der Waals surface area contributed by atoms with Crippen LogP contribution in [0.2, 0.25) is 5.02 Å². The molecular formula is C15H14ClFIN3O2. The zero-order valence-electron chi connectivity index (χ0n) is 12.1. The Morgan fingerprint density at radius 3 is 3.04 bits per heavy atom. The number of anilines is 1. The van der Waals surface area contributed by atoms with Gasteiger partial charge in [-0.3, -0.25) is 4.79 Å². The molecular weight excluding hydrogens is 436 g/mol. The van der Waals surface area contributed by atoms with Crippen molar-refractivity contribution in [2.45, 2.75) is 25.5 Å². The maximum atomic E-state index is 13.4. The topological polar surface area (TPSA) is 56.2 Å². The summed E-state index contributed by atoms with van der Waals surface area (Å²) in [5.41, 5.74) is 0.874. The Kier molecular flexibility index (Phi) is 5.17. The number of carbonyl (C=O) groups excluding carboxylic acids is 1. The molecule has 1 aliphatic rings. The SMILES string of the molecule is O=C(Nc1cc(Cl)c(F)cc1I)c1cnn(C2CCCCO2)c1. The van der Waals surface area contributed by atoms with Gasteiger partial charge in [0.1, 0.15) is 12.0 Å². The van der Waals surface area contributed by atoms with Crippen LogP contribution in [0.4, 0.5) is 10.1 Å². The molecule has 0 saturated carbocycles. The summed E-state index contributed by atoms with van der Waals surface area (Å²) in [4.78, 5) is 12.3. The maximum Gasteiger partial charge on any atom is 0.258 e. The fourth-order valence-electron chi connectivity index (χ4n) is 2.36. The van der Waals surface area contributed by atoms with E-state index in [2.05, 4.69) is 10.4 Å². The third kappa shape index (κ3) is 3.84. The van der Waals surface area contributed by atoms with E-state index < -0.39 is 5.82 Å². The molecule has 0 spiro atoms. The summed E-state index contributed by atoms with van der Waals surface area (Å²) in [6.07, 6.45) is 6.04. The predicted octanol–water partition coefficient (Wildman–Crippen LogP) is 4.23. The fourth-order valence-corrected chi connectivity index (χ4v) is 3.09. The Balaban J connectivity index is 1.74. The molecule has 1 amide bonds. The van der Waals surface area contributed by atoms with Crippen molar-refractivity contribution in [3.8, 4) is 0 Å². The van der Waals surface area contributed by atoms with Gasteiger partial charge in [-0.15, -0.1) is 0 Å². The fraction of sp³-hybridized carbons (Fsp3) is 0.333. The van der Waals surface area contributed by atoms with Crippen LogP contribution in [0.15, 0.2) is 24.5 Å². The summed E-state index contributed by atoms with van der Waals surface area (Å²) in [5.74, 6) is -0.844. The molecule has 1 fully saturated rings. The molecule has 5 nitrogen and oxygen atoms in total. The molecule has 8 heteroatoms. The number of carbonyl (C=O) groups is 1. The van der Waals surface area contributed by atoms with E-state index in [0.717, 1.165) is 19.3 Å². The van der Waals surface area contributed by atoms with Crippen molar-refractivity contribution in [2.75, 3.05) is 11.9 Å².